The molecule has 2 amide bonds. The lowest BCUT2D eigenvalue weighted by molar-refractivity contribution is 0.212. The van der Waals surface area contributed by atoms with Crippen molar-refractivity contribution < 1.29 is 4.79 Å². The van der Waals surface area contributed by atoms with Gasteiger partial charge in [0.15, 0.2) is 0 Å². The fraction of sp³-hybridized carbons (Fsp3) is 0.545. The second-order valence-electron chi connectivity index (χ2n) is 3.39. The van der Waals surface area contributed by atoms with Gasteiger partial charge in [0.05, 0.1) is 5.00 Å². The molecule has 15 heavy (non-hydrogen) atoms. The van der Waals surface area contributed by atoms with Gasteiger partial charge in [0.25, 0.3) is 0 Å². The van der Waals surface area contributed by atoms with Gasteiger partial charge < -0.3 is 4.90 Å². The van der Waals surface area contributed by atoms with Crippen LogP contribution in [-0.4, -0.2) is 24.0 Å². The van der Waals surface area contributed by atoms with Gasteiger partial charge in [-0.15, -0.1) is 11.3 Å². The summed E-state index contributed by atoms with van der Waals surface area (Å²) in [7, 11) is 0. The summed E-state index contributed by atoms with van der Waals surface area (Å²) in [5.41, 5.74) is 0. The summed E-state index contributed by atoms with van der Waals surface area (Å²) in [5, 5.41) is 5.77. The molecular formula is C11H18N2OS. The lowest BCUT2D eigenvalue weighted by Gasteiger charge is -2.21. The Balaban J connectivity index is 2.48. The van der Waals surface area contributed by atoms with E-state index >= 15 is 0 Å². The number of carbonyl (C=O) groups is 1. The van der Waals surface area contributed by atoms with Crippen LogP contribution in [0.2, 0.25) is 0 Å². The Hall–Kier alpha value is -1.03. The molecule has 1 rings (SSSR count). The number of urea groups is 1. The molecule has 0 unspecified atom stereocenters. The molecule has 1 N–H and O–H groups in total. The summed E-state index contributed by atoms with van der Waals surface area (Å²) in [5.74, 6) is 0. The molecule has 1 aromatic rings. The smallest absolute Gasteiger partial charge is 0.322 e. The Morgan fingerprint density at radius 1 is 1.40 bits per heavy atom. The summed E-state index contributed by atoms with van der Waals surface area (Å²) < 4.78 is 0. The molecule has 0 aromatic carbocycles. The van der Waals surface area contributed by atoms with E-state index in [2.05, 4.69) is 19.2 Å². The first-order valence-corrected chi connectivity index (χ1v) is 6.25. The molecule has 0 bridgehead atoms. The summed E-state index contributed by atoms with van der Waals surface area (Å²) in [4.78, 5) is 13.7. The van der Waals surface area contributed by atoms with Gasteiger partial charge in [-0.2, -0.15) is 0 Å². The zero-order valence-corrected chi connectivity index (χ0v) is 10.1. The van der Waals surface area contributed by atoms with Crippen molar-refractivity contribution in [2.75, 3.05) is 18.4 Å². The Morgan fingerprint density at radius 2 is 2.07 bits per heavy atom. The van der Waals surface area contributed by atoms with Crippen molar-refractivity contribution >= 4 is 22.4 Å². The van der Waals surface area contributed by atoms with Crippen LogP contribution < -0.4 is 5.32 Å². The monoisotopic (exact) mass is 226 g/mol. The van der Waals surface area contributed by atoms with E-state index in [1.54, 1.807) is 11.3 Å². The van der Waals surface area contributed by atoms with Crippen molar-refractivity contribution in [1.82, 2.24) is 4.90 Å². The van der Waals surface area contributed by atoms with Crippen LogP contribution in [0, 0.1) is 0 Å². The van der Waals surface area contributed by atoms with E-state index in [-0.39, 0.29) is 6.03 Å². The van der Waals surface area contributed by atoms with Crippen LogP contribution >= 0.6 is 11.3 Å². The van der Waals surface area contributed by atoms with Gasteiger partial charge in [0, 0.05) is 13.1 Å². The SMILES string of the molecule is CCCN(CCC)C(=O)Nc1cccs1. The molecule has 4 heteroatoms. The van der Waals surface area contributed by atoms with Crippen molar-refractivity contribution in [2.24, 2.45) is 0 Å². The molecule has 0 aliphatic heterocycles. The summed E-state index contributed by atoms with van der Waals surface area (Å²) in [6.45, 7) is 5.82. The van der Waals surface area contributed by atoms with Crippen molar-refractivity contribution in [3.63, 3.8) is 0 Å². The number of carbonyl (C=O) groups excluding carboxylic acids is 1. The first kappa shape index (κ1) is 12.0. The molecular weight excluding hydrogens is 208 g/mol. The van der Waals surface area contributed by atoms with Crippen molar-refractivity contribution in [1.29, 1.82) is 0 Å². The first-order chi connectivity index (χ1) is 7.27. The number of nitrogens with one attached hydrogen (secondary N) is 1. The molecule has 84 valence electrons. The van der Waals surface area contributed by atoms with E-state index in [0.29, 0.717) is 0 Å². The highest BCUT2D eigenvalue weighted by atomic mass is 32.1. The minimum absolute atomic E-state index is 0.0150. The number of nitrogens with zero attached hydrogens (tertiary/aromatic N) is 1. The van der Waals surface area contributed by atoms with Gasteiger partial charge in [0.1, 0.15) is 0 Å². The third-order valence-corrected chi connectivity index (χ3v) is 2.81. The number of thiophene rings is 1. The second kappa shape index (κ2) is 6.45. The van der Waals surface area contributed by atoms with E-state index in [4.69, 9.17) is 0 Å². The van der Waals surface area contributed by atoms with E-state index in [1.165, 1.54) is 0 Å². The number of amides is 2. The van der Waals surface area contributed by atoms with Crippen LogP contribution in [0.5, 0.6) is 0 Å². The first-order valence-electron chi connectivity index (χ1n) is 5.37. The van der Waals surface area contributed by atoms with Crippen LogP contribution in [0.15, 0.2) is 17.5 Å². The van der Waals surface area contributed by atoms with Crippen LogP contribution in [0.25, 0.3) is 0 Å². The number of hydrogen-bond donors (Lipinski definition) is 1. The van der Waals surface area contributed by atoms with E-state index < -0.39 is 0 Å². The zero-order chi connectivity index (χ0) is 11.1. The number of rotatable bonds is 5. The fourth-order valence-electron chi connectivity index (χ4n) is 1.39. The van der Waals surface area contributed by atoms with Gasteiger partial charge in [-0.3, -0.25) is 5.32 Å². The van der Waals surface area contributed by atoms with Crippen LogP contribution in [0.4, 0.5) is 9.80 Å². The Morgan fingerprint density at radius 3 is 2.53 bits per heavy atom. The molecule has 0 atom stereocenters. The largest absolute Gasteiger partial charge is 0.325 e. The highest BCUT2D eigenvalue weighted by Gasteiger charge is 2.11. The van der Waals surface area contributed by atoms with Gasteiger partial charge in [-0.1, -0.05) is 13.8 Å². The van der Waals surface area contributed by atoms with Gasteiger partial charge in [-0.25, -0.2) is 4.79 Å². The zero-order valence-electron chi connectivity index (χ0n) is 9.32. The molecule has 0 aliphatic carbocycles. The van der Waals surface area contributed by atoms with E-state index in [0.717, 1.165) is 30.9 Å². The van der Waals surface area contributed by atoms with Gasteiger partial charge in [-0.05, 0) is 30.4 Å². The van der Waals surface area contributed by atoms with E-state index in [9.17, 15) is 4.79 Å². The molecule has 0 saturated carbocycles. The molecule has 0 fully saturated rings. The topological polar surface area (TPSA) is 32.3 Å². The third kappa shape index (κ3) is 3.91. The number of anilines is 1. The minimum atomic E-state index is 0.0150. The Labute approximate surface area is 95.1 Å². The predicted octanol–water partition coefficient (Wildman–Crippen LogP) is 3.40. The quantitative estimate of drug-likeness (QED) is 0.820. The number of hydrogen-bond acceptors (Lipinski definition) is 2. The normalized spacial score (nSPS) is 10.0. The average molecular weight is 226 g/mol. The predicted molar refractivity (Wildman–Crippen MR) is 65.5 cm³/mol. The maximum Gasteiger partial charge on any atom is 0.322 e. The summed E-state index contributed by atoms with van der Waals surface area (Å²) in [6.07, 6.45) is 2.00. The lowest BCUT2D eigenvalue weighted by Crippen LogP contribution is -2.35. The van der Waals surface area contributed by atoms with Crippen LogP contribution in [-0.2, 0) is 0 Å². The van der Waals surface area contributed by atoms with Crippen molar-refractivity contribution in [2.45, 2.75) is 26.7 Å². The molecule has 1 heterocycles. The lowest BCUT2D eigenvalue weighted by atomic mass is 10.4. The average Bonchev–Trinajstić information content (AvgIpc) is 2.70. The van der Waals surface area contributed by atoms with Crippen molar-refractivity contribution in [3.05, 3.63) is 17.5 Å². The maximum atomic E-state index is 11.8. The standard InChI is InChI=1S/C11H18N2OS/c1-3-7-13(8-4-2)11(14)12-10-6-5-9-15-10/h5-6,9H,3-4,7-8H2,1-2H3,(H,12,14). The van der Waals surface area contributed by atoms with Crippen LogP contribution in [0.1, 0.15) is 26.7 Å². The molecule has 3 nitrogen and oxygen atoms in total. The van der Waals surface area contributed by atoms with Crippen LogP contribution in [0.3, 0.4) is 0 Å². The molecule has 0 radical (unpaired) electrons. The van der Waals surface area contributed by atoms with E-state index in [1.807, 2.05) is 22.4 Å². The second-order valence-corrected chi connectivity index (χ2v) is 4.34. The summed E-state index contributed by atoms with van der Waals surface area (Å²) in [6, 6.07) is 3.87. The molecule has 0 saturated heterocycles. The third-order valence-electron chi connectivity index (χ3n) is 2.03. The Kier molecular flexibility index (Phi) is 5.18. The van der Waals surface area contributed by atoms with Crippen molar-refractivity contribution in [3.8, 4) is 0 Å². The maximum absolute atomic E-state index is 11.8. The van der Waals surface area contributed by atoms with Gasteiger partial charge in [0.2, 0.25) is 0 Å². The summed E-state index contributed by atoms with van der Waals surface area (Å²) >= 11 is 1.55. The Bertz CT molecular complexity index is 279. The highest BCUT2D eigenvalue weighted by molar-refractivity contribution is 7.14. The fourth-order valence-corrected chi connectivity index (χ4v) is 2.00. The molecule has 1 aromatic heterocycles. The van der Waals surface area contributed by atoms with Gasteiger partial charge >= 0.3 is 6.03 Å². The highest BCUT2D eigenvalue weighted by Crippen LogP contribution is 2.15. The molecule has 0 aliphatic rings. The minimum Gasteiger partial charge on any atom is -0.325 e. The molecule has 0 spiro atoms.